The Balaban J connectivity index is 1.94. The first kappa shape index (κ1) is 13.8. The molecule has 0 aromatic heterocycles. The van der Waals surface area contributed by atoms with Crippen molar-refractivity contribution in [1.29, 1.82) is 5.26 Å². The summed E-state index contributed by atoms with van der Waals surface area (Å²) < 4.78 is 0. The van der Waals surface area contributed by atoms with Gasteiger partial charge in [-0.15, -0.1) is 0 Å². The van der Waals surface area contributed by atoms with Gasteiger partial charge in [0, 0.05) is 12.1 Å². The predicted octanol–water partition coefficient (Wildman–Crippen LogP) is 2.74. The Bertz CT molecular complexity index is 287. The number of hydrogen-bond acceptors (Lipinski definition) is 3. The lowest BCUT2D eigenvalue weighted by Gasteiger charge is -2.29. The van der Waals surface area contributed by atoms with Gasteiger partial charge >= 0.3 is 0 Å². The highest BCUT2D eigenvalue weighted by Crippen LogP contribution is 2.25. The third kappa shape index (κ3) is 3.70. The summed E-state index contributed by atoms with van der Waals surface area (Å²) in [5, 5.41) is 23.1. The van der Waals surface area contributed by atoms with Crippen molar-refractivity contribution >= 4 is 0 Å². The van der Waals surface area contributed by atoms with Crippen molar-refractivity contribution in [3.05, 3.63) is 0 Å². The highest BCUT2D eigenvalue weighted by Gasteiger charge is 2.29. The summed E-state index contributed by atoms with van der Waals surface area (Å²) in [4.78, 5) is 0. The molecular weight excluding hydrogens is 224 g/mol. The first-order chi connectivity index (χ1) is 8.81. The average Bonchev–Trinajstić information content (AvgIpc) is 2.71. The van der Waals surface area contributed by atoms with Crippen LogP contribution in [0.3, 0.4) is 0 Å². The van der Waals surface area contributed by atoms with Crippen LogP contribution in [0, 0.1) is 17.2 Å². The molecule has 0 aromatic carbocycles. The van der Waals surface area contributed by atoms with Crippen molar-refractivity contribution in [2.24, 2.45) is 5.92 Å². The molecule has 3 nitrogen and oxygen atoms in total. The van der Waals surface area contributed by atoms with Crippen LogP contribution >= 0.6 is 0 Å². The molecule has 4 atom stereocenters. The Kier molecular flexibility index (Phi) is 5.46. The minimum absolute atomic E-state index is 0.142. The third-order valence-corrected chi connectivity index (χ3v) is 4.59. The second-order valence-corrected chi connectivity index (χ2v) is 5.96. The lowest BCUT2D eigenvalue weighted by atomic mass is 9.94. The first-order valence-electron chi connectivity index (χ1n) is 7.65. The van der Waals surface area contributed by atoms with Crippen molar-refractivity contribution in [3.63, 3.8) is 0 Å². The normalized spacial score (nSPS) is 38.4. The first-order valence-corrected chi connectivity index (χ1v) is 7.65. The maximum Gasteiger partial charge on any atom is 0.0693 e. The molecule has 2 rings (SSSR count). The molecule has 18 heavy (non-hydrogen) atoms. The largest absolute Gasteiger partial charge is 0.392 e. The van der Waals surface area contributed by atoms with Gasteiger partial charge in [-0.25, -0.2) is 0 Å². The molecule has 2 saturated carbocycles. The molecule has 2 N–H and O–H groups in total. The Morgan fingerprint density at radius 1 is 0.833 bits per heavy atom. The van der Waals surface area contributed by atoms with Crippen LogP contribution < -0.4 is 5.32 Å². The van der Waals surface area contributed by atoms with Gasteiger partial charge in [0.1, 0.15) is 0 Å². The molecular formula is C15H26N2O. The second-order valence-electron chi connectivity index (χ2n) is 5.96. The summed E-state index contributed by atoms with van der Waals surface area (Å²) >= 11 is 0. The van der Waals surface area contributed by atoms with Gasteiger partial charge in [0.2, 0.25) is 0 Å². The average molecular weight is 250 g/mol. The minimum atomic E-state index is -0.213. The van der Waals surface area contributed by atoms with E-state index >= 15 is 0 Å². The monoisotopic (exact) mass is 250 g/mol. The number of hydrogen-bond donors (Lipinski definition) is 2. The lowest BCUT2D eigenvalue weighted by molar-refractivity contribution is 0.109. The van der Waals surface area contributed by atoms with Gasteiger partial charge in [0.15, 0.2) is 0 Å². The van der Waals surface area contributed by atoms with Gasteiger partial charge in [-0.3, -0.25) is 0 Å². The van der Waals surface area contributed by atoms with Crippen LogP contribution in [0.2, 0.25) is 0 Å². The smallest absolute Gasteiger partial charge is 0.0693 e. The molecule has 0 heterocycles. The molecule has 2 aliphatic carbocycles. The van der Waals surface area contributed by atoms with E-state index in [1.54, 1.807) is 0 Å². The van der Waals surface area contributed by atoms with E-state index in [0.717, 1.165) is 32.1 Å². The van der Waals surface area contributed by atoms with Crippen LogP contribution in [0.1, 0.15) is 64.2 Å². The van der Waals surface area contributed by atoms with E-state index in [1.165, 1.54) is 32.1 Å². The summed E-state index contributed by atoms with van der Waals surface area (Å²) in [6.07, 6.45) is 11.1. The van der Waals surface area contributed by atoms with Crippen molar-refractivity contribution in [2.45, 2.75) is 82.4 Å². The zero-order valence-electron chi connectivity index (χ0n) is 11.3. The highest BCUT2D eigenvalue weighted by atomic mass is 16.3. The molecule has 2 aliphatic rings. The van der Waals surface area contributed by atoms with E-state index in [4.69, 9.17) is 0 Å². The van der Waals surface area contributed by atoms with E-state index in [0.29, 0.717) is 6.04 Å². The Labute approximate surface area is 111 Å². The lowest BCUT2D eigenvalue weighted by Crippen LogP contribution is -2.47. The number of nitrogens with zero attached hydrogens (tertiary/aromatic N) is 1. The number of nitrogens with one attached hydrogen (secondary N) is 1. The molecule has 4 unspecified atom stereocenters. The van der Waals surface area contributed by atoms with E-state index in [9.17, 15) is 10.4 Å². The number of aliphatic hydroxyl groups is 1. The zero-order chi connectivity index (χ0) is 12.8. The minimum Gasteiger partial charge on any atom is -0.392 e. The van der Waals surface area contributed by atoms with E-state index in [1.807, 2.05) is 0 Å². The summed E-state index contributed by atoms with van der Waals surface area (Å²) in [7, 11) is 0. The Morgan fingerprint density at radius 3 is 2.17 bits per heavy atom. The van der Waals surface area contributed by atoms with Gasteiger partial charge in [-0.1, -0.05) is 38.5 Å². The van der Waals surface area contributed by atoms with Gasteiger partial charge in [0.05, 0.1) is 18.1 Å². The van der Waals surface area contributed by atoms with E-state index < -0.39 is 0 Å². The molecule has 0 aliphatic heterocycles. The number of aliphatic hydroxyl groups excluding tert-OH is 1. The van der Waals surface area contributed by atoms with Crippen LogP contribution in [0.15, 0.2) is 0 Å². The van der Waals surface area contributed by atoms with E-state index in [2.05, 4.69) is 11.4 Å². The molecule has 0 saturated heterocycles. The van der Waals surface area contributed by atoms with Crippen LogP contribution in [0.4, 0.5) is 0 Å². The fourth-order valence-electron chi connectivity index (χ4n) is 3.42. The van der Waals surface area contributed by atoms with E-state index in [-0.39, 0.29) is 18.1 Å². The molecule has 0 radical (unpaired) electrons. The maximum atomic E-state index is 10.2. The van der Waals surface area contributed by atoms with Gasteiger partial charge in [-0.05, 0) is 25.7 Å². The molecule has 0 bridgehead atoms. The third-order valence-electron chi connectivity index (χ3n) is 4.59. The van der Waals surface area contributed by atoms with Crippen molar-refractivity contribution in [1.82, 2.24) is 5.32 Å². The quantitative estimate of drug-likeness (QED) is 0.741. The fourth-order valence-corrected chi connectivity index (χ4v) is 3.42. The molecule has 102 valence electrons. The number of rotatable bonds is 2. The molecule has 3 heteroatoms. The number of nitriles is 1. The highest BCUT2D eigenvalue weighted by molar-refractivity contribution is 4.95. The van der Waals surface area contributed by atoms with Crippen LogP contribution in [-0.2, 0) is 0 Å². The van der Waals surface area contributed by atoms with Crippen LogP contribution in [-0.4, -0.2) is 23.3 Å². The predicted molar refractivity (Wildman–Crippen MR) is 72.0 cm³/mol. The van der Waals surface area contributed by atoms with Gasteiger partial charge in [-0.2, -0.15) is 5.26 Å². The second kappa shape index (κ2) is 7.11. The maximum absolute atomic E-state index is 10.2. The summed E-state index contributed by atoms with van der Waals surface area (Å²) in [6.45, 7) is 0. The Morgan fingerprint density at radius 2 is 1.44 bits per heavy atom. The van der Waals surface area contributed by atoms with Gasteiger partial charge < -0.3 is 10.4 Å². The van der Waals surface area contributed by atoms with Crippen molar-refractivity contribution in [3.8, 4) is 6.07 Å². The zero-order valence-corrected chi connectivity index (χ0v) is 11.3. The molecule has 0 spiro atoms. The van der Waals surface area contributed by atoms with Crippen molar-refractivity contribution < 1.29 is 5.11 Å². The Hall–Kier alpha value is -0.590. The summed E-state index contributed by atoms with van der Waals surface area (Å²) in [5.41, 5.74) is 0. The van der Waals surface area contributed by atoms with Gasteiger partial charge in [0.25, 0.3) is 0 Å². The summed E-state index contributed by atoms with van der Waals surface area (Å²) in [5.74, 6) is 0.142. The van der Waals surface area contributed by atoms with Crippen molar-refractivity contribution in [2.75, 3.05) is 0 Å². The molecule has 0 aromatic rings. The fraction of sp³-hybridized carbons (Fsp3) is 0.933. The topological polar surface area (TPSA) is 56.0 Å². The molecule has 2 fully saturated rings. The SMILES string of the molecule is N#CC1CCCCCC1NC1CCCCCC1O. The van der Waals surface area contributed by atoms with Crippen LogP contribution in [0.25, 0.3) is 0 Å². The van der Waals surface area contributed by atoms with Crippen LogP contribution in [0.5, 0.6) is 0 Å². The molecule has 0 amide bonds. The standard InChI is InChI=1S/C15H26N2O/c16-11-12-7-3-1-4-8-13(12)17-14-9-5-2-6-10-15(14)18/h12-15,17-18H,1-10H2. The summed E-state index contributed by atoms with van der Waals surface area (Å²) in [6, 6.07) is 2.99.